The molecule has 2 amide bonds. The SMILES string of the molecule is CN(C(=O)CSc1ccc(F)cc1F)c1ccccc1C(=O)NCc1ccco1. The van der Waals surface area contributed by atoms with Crippen LogP contribution in [0.4, 0.5) is 14.5 Å². The molecule has 150 valence electrons. The molecule has 1 aromatic heterocycles. The van der Waals surface area contributed by atoms with Gasteiger partial charge in [-0.25, -0.2) is 8.78 Å². The molecule has 0 unspecified atom stereocenters. The lowest BCUT2D eigenvalue weighted by molar-refractivity contribution is -0.115. The van der Waals surface area contributed by atoms with Crippen molar-refractivity contribution in [2.75, 3.05) is 17.7 Å². The Morgan fingerprint density at radius 1 is 1.10 bits per heavy atom. The van der Waals surface area contributed by atoms with Crippen molar-refractivity contribution < 1.29 is 22.8 Å². The van der Waals surface area contributed by atoms with E-state index in [1.165, 1.54) is 17.2 Å². The van der Waals surface area contributed by atoms with Crippen molar-refractivity contribution in [2.45, 2.75) is 11.4 Å². The van der Waals surface area contributed by atoms with Gasteiger partial charge in [-0.15, -0.1) is 11.8 Å². The fourth-order valence-corrected chi connectivity index (χ4v) is 3.43. The summed E-state index contributed by atoms with van der Waals surface area (Å²) in [6.07, 6.45) is 1.52. The second kappa shape index (κ2) is 9.38. The van der Waals surface area contributed by atoms with Crippen LogP contribution in [-0.4, -0.2) is 24.6 Å². The maximum atomic E-state index is 13.7. The highest BCUT2D eigenvalue weighted by molar-refractivity contribution is 8.00. The van der Waals surface area contributed by atoms with Crippen LogP contribution < -0.4 is 10.2 Å². The first-order valence-electron chi connectivity index (χ1n) is 8.69. The number of hydrogen-bond donors (Lipinski definition) is 1. The molecule has 0 aliphatic carbocycles. The Morgan fingerprint density at radius 2 is 1.90 bits per heavy atom. The molecule has 0 radical (unpaired) electrons. The van der Waals surface area contributed by atoms with Gasteiger partial charge >= 0.3 is 0 Å². The van der Waals surface area contributed by atoms with Gasteiger partial charge in [0, 0.05) is 18.0 Å². The first kappa shape index (κ1) is 20.6. The van der Waals surface area contributed by atoms with Crippen molar-refractivity contribution in [1.29, 1.82) is 0 Å². The van der Waals surface area contributed by atoms with Crippen LogP contribution in [0, 0.1) is 11.6 Å². The molecule has 1 N–H and O–H groups in total. The zero-order valence-electron chi connectivity index (χ0n) is 15.5. The minimum Gasteiger partial charge on any atom is -0.467 e. The van der Waals surface area contributed by atoms with Crippen LogP contribution in [-0.2, 0) is 11.3 Å². The zero-order chi connectivity index (χ0) is 20.8. The summed E-state index contributed by atoms with van der Waals surface area (Å²) in [7, 11) is 1.54. The standard InChI is InChI=1S/C21H18F2N2O3S/c1-25(20(26)13-29-19-9-8-14(22)11-17(19)23)18-7-3-2-6-16(18)21(27)24-12-15-5-4-10-28-15/h2-11H,12-13H2,1H3,(H,24,27). The third kappa shape index (κ3) is 5.23. The van der Waals surface area contributed by atoms with E-state index in [0.29, 0.717) is 17.0 Å². The molecule has 0 aliphatic heterocycles. The molecular formula is C21H18F2N2O3S. The van der Waals surface area contributed by atoms with Crippen LogP contribution in [0.5, 0.6) is 0 Å². The average Bonchev–Trinajstić information content (AvgIpc) is 3.24. The fourth-order valence-electron chi connectivity index (χ4n) is 2.60. The normalized spacial score (nSPS) is 10.6. The van der Waals surface area contributed by atoms with Crippen LogP contribution in [0.15, 0.2) is 70.2 Å². The molecule has 5 nitrogen and oxygen atoms in total. The molecule has 2 aromatic carbocycles. The summed E-state index contributed by atoms with van der Waals surface area (Å²) in [6.45, 7) is 0.220. The van der Waals surface area contributed by atoms with Crippen molar-refractivity contribution in [1.82, 2.24) is 5.32 Å². The topological polar surface area (TPSA) is 62.6 Å². The van der Waals surface area contributed by atoms with Gasteiger partial charge in [-0.05, 0) is 36.4 Å². The minimum absolute atomic E-state index is 0.0681. The maximum Gasteiger partial charge on any atom is 0.253 e. The molecular weight excluding hydrogens is 398 g/mol. The second-order valence-corrected chi connectivity index (χ2v) is 7.11. The van der Waals surface area contributed by atoms with Crippen molar-refractivity contribution in [3.8, 4) is 0 Å². The summed E-state index contributed by atoms with van der Waals surface area (Å²) in [5.74, 6) is -1.54. The van der Waals surface area contributed by atoms with Crippen LogP contribution in [0.3, 0.4) is 0 Å². The smallest absolute Gasteiger partial charge is 0.253 e. The third-order valence-corrected chi connectivity index (χ3v) is 5.17. The molecule has 0 saturated heterocycles. The molecule has 0 atom stereocenters. The molecule has 1 heterocycles. The summed E-state index contributed by atoms with van der Waals surface area (Å²) in [5, 5.41) is 2.75. The predicted octanol–water partition coefficient (Wildman–Crippen LogP) is 4.24. The van der Waals surface area contributed by atoms with E-state index in [1.807, 2.05) is 0 Å². The Balaban J connectivity index is 1.67. The van der Waals surface area contributed by atoms with Gasteiger partial charge in [-0.3, -0.25) is 9.59 Å². The zero-order valence-corrected chi connectivity index (χ0v) is 16.3. The lowest BCUT2D eigenvalue weighted by atomic mass is 10.1. The first-order chi connectivity index (χ1) is 14.0. The fraction of sp³-hybridized carbons (Fsp3) is 0.143. The second-order valence-electron chi connectivity index (χ2n) is 6.10. The van der Waals surface area contributed by atoms with E-state index >= 15 is 0 Å². The number of anilines is 1. The quantitative estimate of drug-likeness (QED) is 0.585. The number of hydrogen-bond acceptors (Lipinski definition) is 4. The summed E-state index contributed by atoms with van der Waals surface area (Å²) in [4.78, 5) is 26.7. The van der Waals surface area contributed by atoms with E-state index in [9.17, 15) is 18.4 Å². The molecule has 8 heteroatoms. The van der Waals surface area contributed by atoms with Crippen LogP contribution in [0.25, 0.3) is 0 Å². The highest BCUT2D eigenvalue weighted by atomic mass is 32.2. The van der Waals surface area contributed by atoms with Gasteiger partial charge < -0.3 is 14.6 Å². The number of rotatable bonds is 7. The molecule has 0 aliphatic rings. The number of amides is 2. The maximum absolute atomic E-state index is 13.7. The van der Waals surface area contributed by atoms with E-state index in [-0.39, 0.29) is 29.0 Å². The van der Waals surface area contributed by atoms with Crippen LogP contribution in [0.1, 0.15) is 16.1 Å². The lowest BCUT2D eigenvalue weighted by Crippen LogP contribution is -2.31. The van der Waals surface area contributed by atoms with Crippen LogP contribution >= 0.6 is 11.8 Å². The van der Waals surface area contributed by atoms with E-state index in [1.54, 1.807) is 43.4 Å². The van der Waals surface area contributed by atoms with Crippen molar-refractivity contribution in [3.63, 3.8) is 0 Å². The first-order valence-corrected chi connectivity index (χ1v) is 9.68. The number of nitrogens with zero attached hydrogens (tertiary/aromatic N) is 1. The number of furan rings is 1. The minimum atomic E-state index is -0.719. The van der Waals surface area contributed by atoms with Gasteiger partial charge in [0.2, 0.25) is 5.91 Å². The highest BCUT2D eigenvalue weighted by Crippen LogP contribution is 2.25. The number of thioether (sulfide) groups is 1. The summed E-state index contributed by atoms with van der Waals surface area (Å²) < 4.78 is 31.9. The highest BCUT2D eigenvalue weighted by Gasteiger charge is 2.19. The Labute approximate surface area is 170 Å². The van der Waals surface area contributed by atoms with Crippen molar-refractivity contribution in [2.24, 2.45) is 0 Å². The largest absolute Gasteiger partial charge is 0.467 e. The van der Waals surface area contributed by atoms with Crippen molar-refractivity contribution in [3.05, 3.63) is 83.8 Å². The van der Waals surface area contributed by atoms with Gasteiger partial charge in [-0.1, -0.05) is 12.1 Å². The van der Waals surface area contributed by atoms with Crippen molar-refractivity contribution >= 4 is 29.3 Å². The Kier molecular flexibility index (Phi) is 6.66. The Hall–Kier alpha value is -3.13. The Morgan fingerprint density at radius 3 is 2.62 bits per heavy atom. The molecule has 0 bridgehead atoms. The number of carbonyl (C=O) groups is 2. The lowest BCUT2D eigenvalue weighted by Gasteiger charge is -2.20. The molecule has 0 saturated carbocycles. The molecule has 3 aromatic rings. The number of halogens is 2. The average molecular weight is 416 g/mol. The van der Waals surface area contributed by atoms with Gasteiger partial charge in [0.25, 0.3) is 5.91 Å². The van der Waals surface area contributed by atoms with Gasteiger partial charge in [0.1, 0.15) is 17.4 Å². The monoisotopic (exact) mass is 416 g/mol. The predicted molar refractivity (Wildman–Crippen MR) is 107 cm³/mol. The van der Waals surface area contributed by atoms with E-state index in [4.69, 9.17) is 4.42 Å². The summed E-state index contributed by atoms with van der Waals surface area (Å²) in [5.41, 5.74) is 0.752. The molecule has 29 heavy (non-hydrogen) atoms. The molecule has 0 spiro atoms. The molecule has 0 fully saturated rings. The van der Waals surface area contributed by atoms with Crippen LogP contribution in [0.2, 0.25) is 0 Å². The third-order valence-electron chi connectivity index (χ3n) is 4.13. The Bertz CT molecular complexity index is 1010. The van der Waals surface area contributed by atoms with Gasteiger partial charge in [0.15, 0.2) is 0 Å². The summed E-state index contributed by atoms with van der Waals surface area (Å²) in [6, 6.07) is 13.4. The number of carbonyl (C=O) groups excluding carboxylic acids is 2. The number of para-hydroxylation sites is 1. The number of benzene rings is 2. The van der Waals surface area contributed by atoms with E-state index in [2.05, 4.69) is 5.32 Å². The van der Waals surface area contributed by atoms with E-state index in [0.717, 1.165) is 23.9 Å². The molecule has 3 rings (SSSR count). The summed E-state index contributed by atoms with van der Waals surface area (Å²) >= 11 is 0.964. The van der Waals surface area contributed by atoms with Gasteiger partial charge in [0.05, 0.1) is 29.8 Å². The number of nitrogens with one attached hydrogen (secondary N) is 1. The van der Waals surface area contributed by atoms with Gasteiger partial charge in [-0.2, -0.15) is 0 Å². The van der Waals surface area contributed by atoms with E-state index < -0.39 is 11.6 Å².